The lowest BCUT2D eigenvalue weighted by Crippen LogP contribution is -2.64. The number of rotatable bonds is 7. The van der Waals surface area contributed by atoms with E-state index in [0.29, 0.717) is 51.4 Å². The van der Waals surface area contributed by atoms with Gasteiger partial charge in [0.1, 0.15) is 25.4 Å². The minimum absolute atomic E-state index is 0.0258. The normalized spacial score (nSPS) is 40.4. The van der Waals surface area contributed by atoms with Gasteiger partial charge in [-0.2, -0.15) is 0 Å². The summed E-state index contributed by atoms with van der Waals surface area (Å²) in [5.74, 6) is -5.78. The number of hydrogen-bond donors (Lipinski definition) is 2. The fourth-order valence-corrected chi connectivity index (χ4v) is 9.64. The Balaban J connectivity index is 1.77. The van der Waals surface area contributed by atoms with Gasteiger partial charge in [-0.3, -0.25) is 9.59 Å². The Labute approximate surface area is 340 Å². The highest BCUT2D eigenvalue weighted by atomic mass is 16.7. The maximum Gasteiger partial charge on any atom is 0.329 e. The zero-order valence-electron chi connectivity index (χ0n) is 36.2. The third-order valence-electron chi connectivity index (χ3n) is 13.0. The molecule has 13 nitrogen and oxygen atoms in total. The van der Waals surface area contributed by atoms with Crippen LogP contribution in [0.1, 0.15) is 119 Å². The summed E-state index contributed by atoms with van der Waals surface area (Å²) < 4.78 is 30.2. The number of aliphatic hydroxyl groups is 2. The second-order valence-corrected chi connectivity index (χ2v) is 17.3. The summed E-state index contributed by atoms with van der Waals surface area (Å²) in [7, 11) is 6.31. The van der Waals surface area contributed by atoms with Crippen LogP contribution in [0.3, 0.4) is 0 Å². The maximum atomic E-state index is 14.4. The highest BCUT2D eigenvalue weighted by Gasteiger charge is 2.56. The molecular formula is C44H72N2O11. The molecule has 4 aliphatic rings. The monoisotopic (exact) mass is 805 g/mol. The molecule has 57 heavy (non-hydrogen) atoms. The van der Waals surface area contributed by atoms with Gasteiger partial charge in [0.25, 0.3) is 11.7 Å². The first-order chi connectivity index (χ1) is 27.1. The second-order valence-electron chi connectivity index (χ2n) is 17.3. The van der Waals surface area contributed by atoms with Crippen molar-refractivity contribution in [3.8, 4) is 0 Å². The summed E-state index contributed by atoms with van der Waals surface area (Å²) in [6.45, 7) is 12.2. The predicted molar refractivity (Wildman–Crippen MR) is 216 cm³/mol. The molecule has 4 rings (SSSR count). The Hall–Kier alpha value is -2.68. The van der Waals surface area contributed by atoms with Crippen molar-refractivity contribution in [1.29, 1.82) is 0 Å². The highest BCUT2D eigenvalue weighted by molar-refractivity contribution is 6.39. The van der Waals surface area contributed by atoms with E-state index in [-0.39, 0.29) is 42.7 Å². The molecule has 0 aromatic rings. The van der Waals surface area contributed by atoms with Gasteiger partial charge in [-0.05, 0) is 114 Å². The molecule has 0 unspecified atom stereocenters. The average molecular weight is 805 g/mol. The van der Waals surface area contributed by atoms with Crippen LogP contribution in [0.15, 0.2) is 28.5 Å². The second kappa shape index (κ2) is 21.5. The number of carbonyl (C=O) groups excluding carboxylic acids is 3. The van der Waals surface area contributed by atoms with Crippen molar-refractivity contribution in [2.24, 2.45) is 34.7 Å². The van der Waals surface area contributed by atoms with Crippen molar-refractivity contribution in [2.45, 2.75) is 167 Å². The number of oxime groups is 1. The molecule has 0 aromatic heterocycles. The Kier molecular flexibility index (Phi) is 17.8. The number of esters is 1. The molecule has 2 N–H and O–H groups in total. The Morgan fingerprint density at radius 1 is 0.965 bits per heavy atom. The minimum Gasteiger partial charge on any atom is -0.456 e. The molecule has 0 aromatic carbocycles. The molecule has 3 heterocycles. The van der Waals surface area contributed by atoms with Gasteiger partial charge in [0, 0.05) is 39.7 Å². The number of piperidine rings is 1. The molecule has 2 bridgehead atoms. The zero-order valence-corrected chi connectivity index (χ0v) is 36.2. The van der Waals surface area contributed by atoms with Crippen LogP contribution in [0.2, 0.25) is 0 Å². The van der Waals surface area contributed by atoms with E-state index >= 15 is 0 Å². The van der Waals surface area contributed by atoms with Gasteiger partial charge in [0.15, 0.2) is 0 Å². The van der Waals surface area contributed by atoms with E-state index in [1.165, 1.54) is 10.5 Å². The molecule has 324 valence electrons. The van der Waals surface area contributed by atoms with Crippen LogP contribution in [-0.2, 0) is 42.9 Å². The number of Topliss-reactive ketones (excluding diaryl/α,β-unsaturated/α-hetero) is 1. The number of cyclic esters (lactones) is 1. The SMILES string of the molecule is CC[C@@H]1/C=C(\C)C[C@H](C)C[C@H](OC)[C@H]2O[C@@](O)(C(=O)C(=O)N3CCCC[C@H]3C(=O)O[C@H](/C(C)=C/[C@@H]3CC[C@@H](O)[C@H](OC)C3)[C@H](C)CC/C1=N/OC)[C@H](C)C[C@@H]2OC. The minimum atomic E-state index is -2.45. The van der Waals surface area contributed by atoms with Crippen LogP contribution in [0.5, 0.6) is 0 Å². The molecular weight excluding hydrogens is 732 g/mol. The molecule has 1 amide bonds. The van der Waals surface area contributed by atoms with Gasteiger partial charge < -0.3 is 43.6 Å². The number of methoxy groups -OCH3 is 3. The summed E-state index contributed by atoms with van der Waals surface area (Å²) in [5, 5.41) is 27.0. The first-order valence-electron chi connectivity index (χ1n) is 21.3. The Morgan fingerprint density at radius 2 is 1.65 bits per heavy atom. The number of ether oxygens (including phenoxy) is 5. The van der Waals surface area contributed by atoms with Gasteiger partial charge in [0.2, 0.25) is 5.79 Å². The van der Waals surface area contributed by atoms with Crippen molar-refractivity contribution in [2.75, 3.05) is 35.0 Å². The van der Waals surface area contributed by atoms with Gasteiger partial charge >= 0.3 is 5.97 Å². The molecule has 0 radical (unpaired) electrons. The predicted octanol–water partition coefficient (Wildman–Crippen LogP) is 5.94. The molecule has 13 heteroatoms. The van der Waals surface area contributed by atoms with Gasteiger partial charge in [0.05, 0.1) is 30.1 Å². The van der Waals surface area contributed by atoms with E-state index in [2.05, 4.69) is 45.0 Å². The van der Waals surface area contributed by atoms with E-state index in [1.807, 2.05) is 6.92 Å². The molecule has 0 spiro atoms. The quantitative estimate of drug-likeness (QED) is 0.136. The van der Waals surface area contributed by atoms with Crippen molar-refractivity contribution in [1.82, 2.24) is 4.90 Å². The van der Waals surface area contributed by atoms with E-state index < -0.39 is 65.9 Å². The lowest BCUT2D eigenvalue weighted by molar-refractivity contribution is -0.302. The van der Waals surface area contributed by atoms with E-state index in [0.717, 1.165) is 30.5 Å². The number of nitrogens with zero attached hydrogens (tertiary/aromatic N) is 2. The van der Waals surface area contributed by atoms with E-state index in [4.69, 9.17) is 28.5 Å². The molecule has 1 saturated carbocycles. The average Bonchev–Trinajstić information content (AvgIpc) is 3.20. The smallest absolute Gasteiger partial charge is 0.329 e. The van der Waals surface area contributed by atoms with Crippen molar-refractivity contribution < 1.29 is 53.1 Å². The van der Waals surface area contributed by atoms with Crippen LogP contribution < -0.4 is 0 Å². The standard InChI is InChI=1S/C44H72N2O11/c1-11-32-21-26(2)20-27(3)22-37(53-8)40-38(54-9)24-30(6)44(51,57-40)41(48)42(49)46-19-13-12-14-34(46)43(50)56-39(28(4)15-17-33(32)45-55-10)29(5)23-31-16-18-35(47)36(25-31)52-7/h21,23,27-28,30-32,34-40,47,51H,11-20,22,24-25H2,1-10H3/b26-21+,29-23+,45-33-/t27-,28+,30+,31-,32+,34-,35+,36+,37-,38-,39-,40+,44+/m0/s1. The molecule has 3 aliphatic heterocycles. The van der Waals surface area contributed by atoms with E-state index in [9.17, 15) is 24.6 Å². The fourth-order valence-electron chi connectivity index (χ4n) is 9.64. The Morgan fingerprint density at radius 3 is 2.30 bits per heavy atom. The number of fused-ring (bicyclic) bond motifs is 3. The van der Waals surface area contributed by atoms with Crippen molar-refractivity contribution >= 4 is 23.4 Å². The molecule has 3 fully saturated rings. The lowest BCUT2D eigenvalue weighted by atomic mass is 9.82. The lowest BCUT2D eigenvalue weighted by Gasteiger charge is -2.47. The summed E-state index contributed by atoms with van der Waals surface area (Å²) in [6, 6.07) is -1.02. The maximum absolute atomic E-state index is 14.4. The third kappa shape index (κ3) is 11.5. The zero-order chi connectivity index (χ0) is 42.0. The molecule has 13 atom stereocenters. The highest BCUT2D eigenvalue weighted by Crippen LogP contribution is 2.39. The number of ketones is 1. The fraction of sp³-hybridized carbons (Fsp3) is 0.818. The van der Waals surface area contributed by atoms with Crippen LogP contribution in [0.4, 0.5) is 0 Å². The molecule has 2 saturated heterocycles. The van der Waals surface area contributed by atoms with Crippen LogP contribution in [-0.4, -0.2) is 122 Å². The number of aliphatic hydroxyl groups excluding tert-OH is 1. The van der Waals surface area contributed by atoms with Crippen LogP contribution >= 0.6 is 0 Å². The largest absolute Gasteiger partial charge is 0.456 e. The van der Waals surface area contributed by atoms with Crippen molar-refractivity contribution in [3.63, 3.8) is 0 Å². The summed E-state index contributed by atoms with van der Waals surface area (Å²) in [5.41, 5.74) is 2.97. The topological polar surface area (TPSA) is 163 Å². The summed E-state index contributed by atoms with van der Waals surface area (Å²) in [6.07, 6.45) is 8.30. The van der Waals surface area contributed by atoms with Crippen molar-refractivity contribution in [3.05, 3.63) is 23.3 Å². The Bertz CT molecular complexity index is 1450. The van der Waals surface area contributed by atoms with E-state index in [1.54, 1.807) is 35.4 Å². The van der Waals surface area contributed by atoms with Gasteiger partial charge in [-0.25, -0.2) is 4.79 Å². The number of allylic oxidation sites excluding steroid dienone is 3. The molecule has 1 aliphatic carbocycles. The first kappa shape index (κ1) is 47.0. The number of carbonyl (C=O) groups is 3. The number of amides is 1. The number of hydrogen-bond acceptors (Lipinski definition) is 12. The summed E-state index contributed by atoms with van der Waals surface area (Å²) >= 11 is 0. The van der Waals surface area contributed by atoms with Gasteiger partial charge in [-0.15, -0.1) is 0 Å². The van der Waals surface area contributed by atoms with Gasteiger partial charge in [-0.1, -0.05) is 50.6 Å². The first-order valence-corrected chi connectivity index (χ1v) is 21.3. The summed E-state index contributed by atoms with van der Waals surface area (Å²) in [4.78, 5) is 49.5. The third-order valence-corrected chi connectivity index (χ3v) is 13.0. The van der Waals surface area contributed by atoms with Crippen LogP contribution in [0.25, 0.3) is 0 Å². The van der Waals surface area contributed by atoms with Crippen LogP contribution in [0, 0.1) is 29.6 Å².